The fraction of sp³-hybridized carbons (Fsp3) is 0.909. The Morgan fingerprint density at radius 1 is 1.47 bits per heavy atom. The van der Waals surface area contributed by atoms with E-state index in [2.05, 4.69) is 4.74 Å². The van der Waals surface area contributed by atoms with Crippen LogP contribution < -0.4 is 0 Å². The van der Waals surface area contributed by atoms with E-state index >= 15 is 0 Å². The standard InChI is InChI=1S/C11H18O4/c1-13-10(12)5-4-9-3-2-6-11(9)14-7-8-15-11/h9H,2-8H2,1H3. The van der Waals surface area contributed by atoms with Crippen LogP contribution in [0.3, 0.4) is 0 Å². The molecule has 15 heavy (non-hydrogen) atoms. The molecule has 86 valence electrons. The van der Waals surface area contributed by atoms with Gasteiger partial charge >= 0.3 is 5.97 Å². The Morgan fingerprint density at radius 2 is 2.20 bits per heavy atom. The molecule has 1 heterocycles. The van der Waals surface area contributed by atoms with Crippen molar-refractivity contribution in [2.75, 3.05) is 20.3 Å². The number of ether oxygens (including phenoxy) is 3. The number of rotatable bonds is 3. The summed E-state index contributed by atoms with van der Waals surface area (Å²) >= 11 is 0. The minimum absolute atomic E-state index is 0.143. The molecule has 1 spiro atoms. The topological polar surface area (TPSA) is 44.8 Å². The van der Waals surface area contributed by atoms with E-state index in [1.165, 1.54) is 7.11 Å². The monoisotopic (exact) mass is 214 g/mol. The van der Waals surface area contributed by atoms with Crippen molar-refractivity contribution in [1.82, 2.24) is 0 Å². The molecule has 0 amide bonds. The smallest absolute Gasteiger partial charge is 0.305 e. The molecular formula is C11H18O4. The highest BCUT2D eigenvalue weighted by molar-refractivity contribution is 5.69. The first-order valence-electron chi connectivity index (χ1n) is 5.61. The van der Waals surface area contributed by atoms with Crippen molar-refractivity contribution in [3.05, 3.63) is 0 Å². The fourth-order valence-corrected chi connectivity index (χ4v) is 2.63. The van der Waals surface area contributed by atoms with Crippen LogP contribution >= 0.6 is 0 Å². The number of methoxy groups -OCH3 is 1. The SMILES string of the molecule is COC(=O)CCC1CCCC12OCCO2. The molecule has 0 aromatic rings. The summed E-state index contributed by atoms with van der Waals surface area (Å²) in [7, 11) is 1.43. The molecule has 2 aliphatic rings. The van der Waals surface area contributed by atoms with Crippen molar-refractivity contribution >= 4 is 5.97 Å². The van der Waals surface area contributed by atoms with Gasteiger partial charge in [-0.2, -0.15) is 0 Å². The maximum atomic E-state index is 11.1. The number of carbonyl (C=O) groups excluding carboxylic acids is 1. The third kappa shape index (κ3) is 2.16. The van der Waals surface area contributed by atoms with Crippen LogP contribution in [-0.2, 0) is 19.0 Å². The molecule has 0 bridgehead atoms. The van der Waals surface area contributed by atoms with Crippen LogP contribution in [0.5, 0.6) is 0 Å². The molecule has 1 aliphatic carbocycles. The normalized spacial score (nSPS) is 28.5. The predicted molar refractivity (Wildman–Crippen MR) is 53.2 cm³/mol. The van der Waals surface area contributed by atoms with E-state index in [4.69, 9.17) is 9.47 Å². The van der Waals surface area contributed by atoms with Crippen LogP contribution in [-0.4, -0.2) is 32.1 Å². The largest absolute Gasteiger partial charge is 0.469 e. The zero-order chi connectivity index (χ0) is 10.7. The molecular weight excluding hydrogens is 196 g/mol. The predicted octanol–water partition coefficient (Wildman–Crippen LogP) is 1.48. The number of hydrogen-bond donors (Lipinski definition) is 0. The Labute approximate surface area is 89.9 Å². The van der Waals surface area contributed by atoms with E-state index in [0.717, 1.165) is 25.7 Å². The third-order valence-electron chi connectivity index (χ3n) is 3.40. The van der Waals surface area contributed by atoms with Crippen molar-refractivity contribution in [2.45, 2.75) is 37.9 Å². The number of esters is 1. The molecule has 2 rings (SSSR count). The highest BCUT2D eigenvalue weighted by Gasteiger charge is 2.47. The van der Waals surface area contributed by atoms with Crippen molar-refractivity contribution in [1.29, 1.82) is 0 Å². The van der Waals surface area contributed by atoms with Crippen LogP contribution in [0, 0.1) is 5.92 Å². The van der Waals surface area contributed by atoms with E-state index in [1.54, 1.807) is 0 Å². The highest BCUT2D eigenvalue weighted by atomic mass is 16.7. The summed E-state index contributed by atoms with van der Waals surface area (Å²) in [6.07, 6.45) is 4.48. The number of hydrogen-bond acceptors (Lipinski definition) is 4. The van der Waals surface area contributed by atoms with Gasteiger partial charge in [0.25, 0.3) is 0 Å². The molecule has 1 aliphatic heterocycles. The molecule has 0 aromatic heterocycles. The summed E-state index contributed by atoms with van der Waals surface area (Å²) in [6.45, 7) is 1.38. The second-order valence-electron chi connectivity index (χ2n) is 4.21. The first kappa shape index (κ1) is 10.9. The minimum Gasteiger partial charge on any atom is -0.469 e. The van der Waals surface area contributed by atoms with Gasteiger partial charge in [-0.1, -0.05) is 0 Å². The van der Waals surface area contributed by atoms with Gasteiger partial charge in [-0.15, -0.1) is 0 Å². The van der Waals surface area contributed by atoms with Gasteiger partial charge in [-0.25, -0.2) is 0 Å². The summed E-state index contributed by atoms with van der Waals surface area (Å²) in [5.41, 5.74) is 0. The van der Waals surface area contributed by atoms with Crippen molar-refractivity contribution in [3.63, 3.8) is 0 Å². The highest BCUT2D eigenvalue weighted by Crippen LogP contribution is 2.44. The molecule has 4 nitrogen and oxygen atoms in total. The average Bonchev–Trinajstić information content (AvgIpc) is 2.87. The molecule has 2 fully saturated rings. The lowest BCUT2D eigenvalue weighted by Crippen LogP contribution is -2.34. The van der Waals surface area contributed by atoms with Crippen molar-refractivity contribution in [2.24, 2.45) is 5.92 Å². The lowest BCUT2D eigenvalue weighted by molar-refractivity contribution is -0.183. The second kappa shape index (κ2) is 4.49. The van der Waals surface area contributed by atoms with Gasteiger partial charge in [0, 0.05) is 18.8 Å². The van der Waals surface area contributed by atoms with Gasteiger partial charge in [0.15, 0.2) is 5.79 Å². The zero-order valence-corrected chi connectivity index (χ0v) is 9.16. The van der Waals surface area contributed by atoms with Gasteiger partial charge in [0.1, 0.15) is 0 Å². The molecule has 0 aromatic carbocycles. The van der Waals surface area contributed by atoms with E-state index in [1.807, 2.05) is 0 Å². The second-order valence-corrected chi connectivity index (χ2v) is 4.21. The van der Waals surface area contributed by atoms with Gasteiger partial charge in [-0.3, -0.25) is 4.79 Å². The van der Waals surface area contributed by atoms with Crippen molar-refractivity contribution < 1.29 is 19.0 Å². The summed E-state index contributed by atoms with van der Waals surface area (Å²) in [6, 6.07) is 0. The maximum Gasteiger partial charge on any atom is 0.305 e. The zero-order valence-electron chi connectivity index (χ0n) is 9.16. The summed E-state index contributed by atoms with van der Waals surface area (Å²) in [4.78, 5) is 11.1. The lowest BCUT2D eigenvalue weighted by Gasteiger charge is -2.29. The van der Waals surface area contributed by atoms with E-state index in [0.29, 0.717) is 25.6 Å². The van der Waals surface area contributed by atoms with Crippen LogP contribution in [0.4, 0.5) is 0 Å². The van der Waals surface area contributed by atoms with Gasteiger partial charge in [-0.05, 0) is 19.3 Å². The Kier molecular flexibility index (Phi) is 3.26. The Morgan fingerprint density at radius 3 is 2.87 bits per heavy atom. The first-order chi connectivity index (χ1) is 7.27. The quantitative estimate of drug-likeness (QED) is 0.667. The van der Waals surface area contributed by atoms with Crippen LogP contribution in [0.15, 0.2) is 0 Å². The van der Waals surface area contributed by atoms with Crippen LogP contribution in [0.25, 0.3) is 0 Å². The Hall–Kier alpha value is -0.610. The van der Waals surface area contributed by atoms with E-state index in [9.17, 15) is 4.79 Å². The molecule has 0 N–H and O–H groups in total. The summed E-state index contributed by atoms with van der Waals surface area (Å²) < 4.78 is 16.1. The lowest BCUT2D eigenvalue weighted by atomic mass is 9.96. The number of carbonyl (C=O) groups is 1. The third-order valence-corrected chi connectivity index (χ3v) is 3.40. The molecule has 1 atom stereocenters. The Balaban J connectivity index is 1.88. The van der Waals surface area contributed by atoms with E-state index in [-0.39, 0.29) is 11.8 Å². The van der Waals surface area contributed by atoms with Gasteiger partial charge in [0.2, 0.25) is 0 Å². The molecule has 1 unspecified atom stereocenters. The first-order valence-corrected chi connectivity index (χ1v) is 5.61. The fourth-order valence-electron chi connectivity index (χ4n) is 2.63. The van der Waals surface area contributed by atoms with Gasteiger partial charge < -0.3 is 14.2 Å². The summed E-state index contributed by atoms with van der Waals surface area (Å²) in [5, 5.41) is 0. The van der Waals surface area contributed by atoms with Gasteiger partial charge in [0.05, 0.1) is 20.3 Å². The Bertz CT molecular complexity index is 227. The average molecular weight is 214 g/mol. The molecule has 0 radical (unpaired) electrons. The molecule has 4 heteroatoms. The van der Waals surface area contributed by atoms with Crippen LogP contribution in [0.2, 0.25) is 0 Å². The minimum atomic E-state index is -0.367. The maximum absolute atomic E-state index is 11.1. The molecule has 1 saturated heterocycles. The van der Waals surface area contributed by atoms with E-state index < -0.39 is 0 Å². The van der Waals surface area contributed by atoms with Crippen molar-refractivity contribution in [3.8, 4) is 0 Å². The summed E-state index contributed by atoms with van der Waals surface area (Å²) in [5.74, 6) is -0.150. The van der Waals surface area contributed by atoms with Crippen LogP contribution in [0.1, 0.15) is 32.1 Å². The molecule has 1 saturated carbocycles.